The number of likely N-dealkylation sites (tertiary alicyclic amines) is 1. The molecule has 0 amide bonds. The van der Waals surface area contributed by atoms with E-state index in [9.17, 15) is 23.5 Å². The molecule has 4 rings (SSSR count). The Morgan fingerprint density at radius 2 is 1.32 bits per heavy atom. The van der Waals surface area contributed by atoms with Crippen molar-refractivity contribution in [3.05, 3.63) is 113 Å². The maximum absolute atomic E-state index is 13.5. The highest BCUT2D eigenvalue weighted by Gasteiger charge is 2.41. The third-order valence-electron chi connectivity index (χ3n) is 7.02. The number of aryl methyl sites for hydroxylation is 1. The molecule has 0 saturated carbocycles. The Labute approximate surface area is 238 Å². The van der Waals surface area contributed by atoms with Gasteiger partial charge in [0.15, 0.2) is 0 Å². The summed E-state index contributed by atoms with van der Waals surface area (Å²) >= 11 is 0. The average molecular weight is 568 g/mol. The molecule has 0 atom stereocenters. The minimum atomic E-state index is -1.29. The van der Waals surface area contributed by atoms with Crippen molar-refractivity contribution in [3.8, 4) is 5.75 Å². The largest absolute Gasteiger partial charge is 0.494 e. The van der Waals surface area contributed by atoms with Crippen molar-refractivity contribution in [2.45, 2.75) is 31.8 Å². The fourth-order valence-corrected chi connectivity index (χ4v) is 4.88. The van der Waals surface area contributed by atoms with Crippen LogP contribution in [0.4, 0.5) is 8.78 Å². The van der Waals surface area contributed by atoms with Crippen molar-refractivity contribution in [1.29, 1.82) is 0 Å². The Kier molecular flexibility index (Phi) is 11.6. The van der Waals surface area contributed by atoms with Gasteiger partial charge in [-0.15, -0.1) is 0 Å². The van der Waals surface area contributed by atoms with Crippen LogP contribution < -0.4 is 4.74 Å². The third-order valence-corrected chi connectivity index (χ3v) is 7.02. The number of hydrogen-bond donors (Lipinski definition) is 3. The summed E-state index contributed by atoms with van der Waals surface area (Å²) in [5, 5.41) is 27.5. The van der Waals surface area contributed by atoms with Gasteiger partial charge < -0.3 is 25.0 Å². The van der Waals surface area contributed by atoms with Crippen LogP contribution in [0.25, 0.3) is 0 Å². The maximum Gasteiger partial charge on any atom is 0.328 e. The molecular formula is C32H35F2NO6. The molecule has 41 heavy (non-hydrogen) atoms. The van der Waals surface area contributed by atoms with Crippen LogP contribution in [-0.2, 0) is 15.2 Å². The molecule has 1 aliphatic heterocycles. The van der Waals surface area contributed by atoms with E-state index in [2.05, 4.69) is 11.8 Å². The van der Waals surface area contributed by atoms with E-state index >= 15 is 0 Å². The highest BCUT2D eigenvalue weighted by atomic mass is 19.1. The zero-order valence-corrected chi connectivity index (χ0v) is 22.9. The topological polar surface area (TPSA) is 107 Å². The van der Waals surface area contributed by atoms with Crippen LogP contribution in [0.2, 0.25) is 0 Å². The molecule has 7 nitrogen and oxygen atoms in total. The number of carboxylic acids is 2. The Hall–Kier alpha value is -4.08. The number of carboxylic acid groups (broad SMARTS) is 2. The van der Waals surface area contributed by atoms with E-state index in [4.69, 9.17) is 14.9 Å². The molecule has 0 unspecified atom stereocenters. The van der Waals surface area contributed by atoms with Gasteiger partial charge in [0.25, 0.3) is 0 Å². The van der Waals surface area contributed by atoms with Crippen LogP contribution in [0.3, 0.4) is 0 Å². The Morgan fingerprint density at radius 1 is 0.854 bits per heavy atom. The van der Waals surface area contributed by atoms with E-state index < -0.39 is 17.5 Å². The Balaban J connectivity index is 0.000000507. The summed E-state index contributed by atoms with van der Waals surface area (Å²) in [5.74, 6) is -2.36. The van der Waals surface area contributed by atoms with Crippen molar-refractivity contribution in [2.75, 3.05) is 26.2 Å². The van der Waals surface area contributed by atoms with Crippen LogP contribution in [0, 0.1) is 24.5 Å². The number of ether oxygens (including phenoxy) is 1. The minimum absolute atomic E-state index is 0.0477. The summed E-state index contributed by atoms with van der Waals surface area (Å²) < 4.78 is 32.9. The highest BCUT2D eigenvalue weighted by molar-refractivity contribution is 5.89. The second kappa shape index (κ2) is 15.1. The van der Waals surface area contributed by atoms with Gasteiger partial charge in [0.1, 0.15) is 23.0 Å². The predicted molar refractivity (Wildman–Crippen MR) is 151 cm³/mol. The predicted octanol–water partition coefficient (Wildman–Crippen LogP) is 5.40. The Bertz CT molecular complexity index is 1220. The van der Waals surface area contributed by atoms with E-state index in [1.54, 1.807) is 24.3 Å². The van der Waals surface area contributed by atoms with Gasteiger partial charge in [0.2, 0.25) is 0 Å². The first kappa shape index (κ1) is 31.4. The smallest absolute Gasteiger partial charge is 0.328 e. The van der Waals surface area contributed by atoms with Gasteiger partial charge in [-0.05, 0) is 92.7 Å². The number of carbonyl (C=O) groups is 2. The first-order chi connectivity index (χ1) is 19.6. The number of rotatable bonds is 10. The zero-order chi connectivity index (χ0) is 29.8. The second-order valence-electron chi connectivity index (χ2n) is 9.92. The molecule has 218 valence electrons. The number of aliphatic carboxylic acids is 2. The summed E-state index contributed by atoms with van der Waals surface area (Å²) in [6.07, 6.45) is 3.64. The van der Waals surface area contributed by atoms with Gasteiger partial charge in [-0.2, -0.15) is 0 Å². The first-order valence-corrected chi connectivity index (χ1v) is 13.4. The molecular weight excluding hydrogens is 532 g/mol. The Morgan fingerprint density at radius 3 is 1.76 bits per heavy atom. The van der Waals surface area contributed by atoms with Gasteiger partial charge in [0.05, 0.1) is 6.61 Å². The molecule has 1 aliphatic rings. The number of piperidine rings is 1. The summed E-state index contributed by atoms with van der Waals surface area (Å²) in [6, 6.07) is 20.1. The van der Waals surface area contributed by atoms with E-state index in [1.165, 1.54) is 29.8 Å². The quantitative estimate of drug-likeness (QED) is 0.222. The molecule has 3 N–H and O–H groups in total. The molecule has 1 heterocycles. The highest BCUT2D eigenvalue weighted by Crippen LogP contribution is 2.42. The van der Waals surface area contributed by atoms with Crippen molar-refractivity contribution < 1.29 is 38.4 Å². The van der Waals surface area contributed by atoms with Gasteiger partial charge in [0, 0.05) is 18.7 Å². The van der Waals surface area contributed by atoms with Crippen molar-refractivity contribution in [2.24, 2.45) is 5.92 Å². The van der Waals surface area contributed by atoms with Crippen LogP contribution in [-0.4, -0.2) is 58.4 Å². The molecule has 0 bridgehead atoms. The fraction of sp³-hybridized carbons (Fsp3) is 0.312. The fourth-order valence-electron chi connectivity index (χ4n) is 4.88. The van der Waals surface area contributed by atoms with Gasteiger partial charge in [-0.25, -0.2) is 18.4 Å². The van der Waals surface area contributed by atoms with Crippen molar-refractivity contribution >= 4 is 11.9 Å². The second-order valence-corrected chi connectivity index (χ2v) is 9.92. The molecule has 9 heteroatoms. The molecule has 0 aliphatic carbocycles. The number of aliphatic hydroxyl groups is 1. The summed E-state index contributed by atoms with van der Waals surface area (Å²) in [5.41, 5.74) is 1.20. The lowest BCUT2D eigenvalue weighted by molar-refractivity contribution is -0.134. The molecule has 1 saturated heterocycles. The SMILES string of the molecule is Cc1ccc(OCCCN2CCC(C(O)(c3ccc(F)cc3)c3ccc(F)cc3)CC2)cc1.O=C(O)/C=C/C(=O)O. The number of benzene rings is 3. The van der Waals surface area contributed by atoms with Crippen LogP contribution in [0.1, 0.15) is 36.0 Å². The van der Waals surface area contributed by atoms with Gasteiger partial charge >= 0.3 is 11.9 Å². The van der Waals surface area contributed by atoms with E-state index in [-0.39, 0.29) is 17.6 Å². The molecule has 3 aromatic carbocycles. The molecule has 0 spiro atoms. The average Bonchev–Trinajstić information content (AvgIpc) is 2.96. The standard InChI is InChI=1S/C28H31F2NO2.C4H4O4/c1-21-3-13-27(14-4-21)33-20-2-17-31-18-15-24(16-19-31)28(32,22-5-9-25(29)10-6-22)23-7-11-26(30)12-8-23;5-3(6)1-2-4(7)8/h3-14,24,32H,2,15-20H2,1H3;1-2H,(H,5,6)(H,7,8)/b;2-1+. The van der Waals surface area contributed by atoms with E-state index in [0.717, 1.165) is 44.6 Å². The van der Waals surface area contributed by atoms with Crippen molar-refractivity contribution in [3.63, 3.8) is 0 Å². The summed E-state index contributed by atoms with van der Waals surface area (Å²) in [6.45, 7) is 5.38. The van der Waals surface area contributed by atoms with Crippen LogP contribution in [0.5, 0.6) is 5.75 Å². The van der Waals surface area contributed by atoms with Crippen LogP contribution >= 0.6 is 0 Å². The number of hydrogen-bond acceptors (Lipinski definition) is 5. The van der Waals surface area contributed by atoms with Crippen LogP contribution in [0.15, 0.2) is 84.9 Å². The molecule has 0 radical (unpaired) electrons. The summed E-state index contributed by atoms with van der Waals surface area (Å²) in [7, 11) is 0. The first-order valence-electron chi connectivity index (χ1n) is 13.4. The van der Waals surface area contributed by atoms with Crippen molar-refractivity contribution in [1.82, 2.24) is 4.90 Å². The minimum Gasteiger partial charge on any atom is -0.494 e. The zero-order valence-electron chi connectivity index (χ0n) is 22.9. The lowest BCUT2D eigenvalue weighted by atomic mass is 9.72. The molecule has 1 fully saturated rings. The number of nitrogens with zero attached hydrogens (tertiary/aromatic N) is 1. The lowest BCUT2D eigenvalue weighted by Gasteiger charge is -2.42. The van der Waals surface area contributed by atoms with Gasteiger partial charge in [-0.1, -0.05) is 42.0 Å². The normalized spacial score (nSPS) is 14.3. The third kappa shape index (κ3) is 9.51. The molecule has 0 aromatic heterocycles. The monoisotopic (exact) mass is 567 g/mol. The molecule has 3 aromatic rings. The van der Waals surface area contributed by atoms with Gasteiger partial charge in [-0.3, -0.25) is 0 Å². The number of halogens is 2. The van der Waals surface area contributed by atoms with E-state index in [0.29, 0.717) is 29.9 Å². The lowest BCUT2D eigenvalue weighted by Crippen LogP contribution is -2.44. The summed E-state index contributed by atoms with van der Waals surface area (Å²) in [4.78, 5) is 21.5. The maximum atomic E-state index is 13.5. The van der Waals surface area contributed by atoms with E-state index in [1.807, 2.05) is 24.3 Å².